The van der Waals surface area contributed by atoms with Crippen molar-refractivity contribution in [3.63, 3.8) is 0 Å². The third-order valence-electron chi connectivity index (χ3n) is 3.00. The molecule has 0 unspecified atom stereocenters. The van der Waals surface area contributed by atoms with E-state index in [4.69, 9.17) is 4.42 Å². The van der Waals surface area contributed by atoms with E-state index in [2.05, 4.69) is 15.5 Å². The Balaban J connectivity index is 1.67. The lowest BCUT2D eigenvalue weighted by Crippen LogP contribution is -2.15. The molecule has 4 nitrogen and oxygen atoms in total. The Kier molecular flexibility index (Phi) is 3.25. The van der Waals surface area contributed by atoms with Gasteiger partial charge in [-0.1, -0.05) is 12.1 Å². The zero-order chi connectivity index (χ0) is 13.2. The van der Waals surface area contributed by atoms with E-state index < -0.39 is 11.6 Å². The Morgan fingerprint density at radius 1 is 1.21 bits per heavy atom. The molecule has 0 bridgehead atoms. The molecule has 1 aromatic carbocycles. The van der Waals surface area contributed by atoms with Crippen LogP contribution in [0.1, 0.15) is 30.2 Å². The first kappa shape index (κ1) is 12.2. The van der Waals surface area contributed by atoms with Crippen LogP contribution in [0, 0.1) is 11.6 Å². The van der Waals surface area contributed by atoms with Gasteiger partial charge in [-0.25, -0.2) is 8.78 Å². The Morgan fingerprint density at radius 2 is 2.00 bits per heavy atom. The number of halogens is 2. The summed E-state index contributed by atoms with van der Waals surface area (Å²) < 4.78 is 31.9. The topological polar surface area (TPSA) is 51.0 Å². The molecule has 0 amide bonds. The van der Waals surface area contributed by atoms with Crippen molar-refractivity contribution in [3.05, 3.63) is 47.2 Å². The third-order valence-corrected chi connectivity index (χ3v) is 3.00. The molecule has 0 spiro atoms. The van der Waals surface area contributed by atoms with Gasteiger partial charge in [-0.3, -0.25) is 0 Å². The highest BCUT2D eigenvalue weighted by Gasteiger charge is 2.21. The summed E-state index contributed by atoms with van der Waals surface area (Å²) in [6.45, 7) is 0.517. The summed E-state index contributed by atoms with van der Waals surface area (Å²) in [4.78, 5) is 0. The summed E-state index contributed by atoms with van der Waals surface area (Å²) in [6.07, 6.45) is 2.45. The number of aromatic nitrogens is 2. The van der Waals surface area contributed by atoms with Crippen molar-refractivity contribution in [2.45, 2.75) is 31.8 Å². The highest BCUT2D eigenvalue weighted by molar-refractivity contribution is 5.21. The second-order valence-corrected chi connectivity index (χ2v) is 4.63. The number of nitrogens with one attached hydrogen (secondary N) is 1. The fourth-order valence-electron chi connectivity index (χ4n) is 1.80. The van der Waals surface area contributed by atoms with Crippen LogP contribution in [0.5, 0.6) is 0 Å². The lowest BCUT2D eigenvalue weighted by molar-refractivity contribution is 0.433. The van der Waals surface area contributed by atoms with Crippen LogP contribution in [0.2, 0.25) is 0 Å². The number of hydrogen-bond donors (Lipinski definition) is 1. The second kappa shape index (κ2) is 5.05. The molecule has 1 aliphatic rings. The minimum Gasteiger partial charge on any atom is -0.424 e. The minimum atomic E-state index is -0.868. The summed E-state index contributed by atoms with van der Waals surface area (Å²) in [5.41, 5.74) is 0.213. The molecule has 100 valence electrons. The van der Waals surface area contributed by atoms with Crippen molar-refractivity contribution < 1.29 is 13.2 Å². The number of nitrogens with zero attached hydrogens (tertiary/aromatic N) is 2. The van der Waals surface area contributed by atoms with Crippen LogP contribution in [-0.2, 0) is 13.0 Å². The van der Waals surface area contributed by atoms with Crippen LogP contribution >= 0.6 is 0 Å². The molecular formula is C13H13F2N3O. The van der Waals surface area contributed by atoms with Crippen molar-refractivity contribution in [1.82, 2.24) is 15.5 Å². The second-order valence-electron chi connectivity index (χ2n) is 4.63. The summed E-state index contributed by atoms with van der Waals surface area (Å²) in [6, 6.07) is 4.60. The molecule has 0 radical (unpaired) electrons. The van der Waals surface area contributed by atoms with E-state index in [0.29, 0.717) is 18.5 Å². The van der Waals surface area contributed by atoms with Gasteiger partial charge in [-0.2, -0.15) is 0 Å². The smallest absolute Gasteiger partial charge is 0.230 e. The normalized spacial score (nSPS) is 14.8. The molecule has 0 saturated heterocycles. The van der Waals surface area contributed by atoms with Crippen molar-refractivity contribution in [3.8, 4) is 0 Å². The lowest BCUT2D eigenvalue weighted by Gasteiger charge is -2.00. The Hall–Kier alpha value is -1.82. The molecule has 1 aromatic heterocycles. The van der Waals surface area contributed by atoms with Crippen LogP contribution in [0.15, 0.2) is 22.6 Å². The average molecular weight is 265 g/mol. The standard InChI is InChI=1S/C13H13F2N3O/c14-10-3-1-2-8(13(10)15)6-11-17-18-12(19-11)7-16-9-4-5-9/h1-3,9,16H,4-7H2. The van der Waals surface area contributed by atoms with E-state index in [9.17, 15) is 8.78 Å². The largest absolute Gasteiger partial charge is 0.424 e. The molecule has 3 rings (SSSR count). The fraction of sp³-hybridized carbons (Fsp3) is 0.385. The van der Waals surface area contributed by atoms with E-state index in [1.54, 1.807) is 0 Å². The number of benzene rings is 1. The predicted molar refractivity (Wildman–Crippen MR) is 63.3 cm³/mol. The van der Waals surface area contributed by atoms with E-state index in [1.165, 1.54) is 25.0 Å². The predicted octanol–water partition coefficient (Wildman–Crippen LogP) is 2.19. The molecule has 1 fully saturated rings. The molecule has 0 atom stereocenters. The molecule has 0 aliphatic heterocycles. The molecule has 2 aromatic rings. The maximum atomic E-state index is 13.5. The van der Waals surface area contributed by atoms with Gasteiger partial charge in [0.2, 0.25) is 11.8 Å². The molecular weight excluding hydrogens is 252 g/mol. The maximum absolute atomic E-state index is 13.5. The number of hydrogen-bond acceptors (Lipinski definition) is 4. The van der Waals surface area contributed by atoms with E-state index >= 15 is 0 Å². The highest BCUT2D eigenvalue weighted by atomic mass is 19.2. The Labute approximate surface area is 108 Å². The summed E-state index contributed by atoms with van der Waals surface area (Å²) >= 11 is 0. The van der Waals surface area contributed by atoms with E-state index in [1.807, 2.05) is 0 Å². The molecule has 1 heterocycles. The van der Waals surface area contributed by atoms with Crippen LogP contribution in [0.4, 0.5) is 8.78 Å². The van der Waals surface area contributed by atoms with Gasteiger partial charge in [0.25, 0.3) is 0 Å². The van der Waals surface area contributed by atoms with Crippen molar-refractivity contribution in [2.75, 3.05) is 0 Å². The molecule has 1 N–H and O–H groups in total. The van der Waals surface area contributed by atoms with Crippen molar-refractivity contribution in [1.29, 1.82) is 0 Å². The quantitative estimate of drug-likeness (QED) is 0.900. The molecule has 19 heavy (non-hydrogen) atoms. The Bertz CT molecular complexity index is 581. The van der Waals surface area contributed by atoms with Gasteiger partial charge in [0.05, 0.1) is 13.0 Å². The first-order chi connectivity index (χ1) is 9.22. The minimum absolute atomic E-state index is 0.0972. The summed E-state index contributed by atoms with van der Waals surface area (Å²) in [7, 11) is 0. The zero-order valence-corrected chi connectivity index (χ0v) is 10.2. The van der Waals surface area contributed by atoms with Gasteiger partial charge >= 0.3 is 0 Å². The van der Waals surface area contributed by atoms with Crippen molar-refractivity contribution in [2.24, 2.45) is 0 Å². The van der Waals surface area contributed by atoms with Crippen molar-refractivity contribution >= 4 is 0 Å². The van der Waals surface area contributed by atoms with Gasteiger partial charge < -0.3 is 9.73 Å². The van der Waals surface area contributed by atoms with E-state index in [0.717, 1.165) is 6.07 Å². The molecule has 1 aliphatic carbocycles. The Morgan fingerprint density at radius 3 is 2.79 bits per heavy atom. The highest BCUT2D eigenvalue weighted by Crippen LogP contribution is 2.19. The van der Waals surface area contributed by atoms with Gasteiger partial charge in [0.15, 0.2) is 11.6 Å². The monoisotopic (exact) mass is 265 g/mol. The molecule has 1 saturated carbocycles. The average Bonchev–Trinajstić information content (AvgIpc) is 3.13. The fourth-order valence-corrected chi connectivity index (χ4v) is 1.80. The lowest BCUT2D eigenvalue weighted by atomic mass is 10.1. The third kappa shape index (κ3) is 2.96. The SMILES string of the molecule is Fc1cccc(Cc2nnc(CNC3CC3)o2)c1F. The number of rotatable bonds is 5. The van der Waals surface area contributed by atoms with E-state index in [-0.39, 0.29) is 17.9 Å². The zero-order valence-electron chi connectivity index (χ0n) is 10.2. The van der Waals surface area contributed by atoms with Gasteiger partial charge in [0.1, 0.15) is 0 Å². The van der Waals surface area contributed by atoms with Crippen LogP contribution < -0.4 is 5.32 Å². The van der Waals surface area contributed by atoms with Crippen LogP contribution in [0.25, 0.3) is 0 Å². The summed E-state index contributed by atoms with van der Waals surface area (Å²) in [5.74, 6) is -0.971. The van der Waals surface area contributed by atoms with Crippen LogP contribution in [-0.4, -0.2) is 16.2 Å². The maximum Gasteiger partial charge on any atom is 0.230 e. The first-order valence-electron chi connectivity index (χ1n) is 6.20. The first-order valence-corrected chi connectivity index (χ1v) is 6.20. The molecule has 6 heteroatoms. The van der Waals surface area contributed by atoms with Gasteiger partial charge in [0, 0.05) is 11.6 Å². The summed E-state index contributed by atoms with van der Waals surface area (Å²) in [5, 5.41) is 10.9. The van der Waals surface area contributed by atoms with Gasteiger partial charge in [-0.15, -0.1) is 10.2 Å². The van der Waals surface area contributed by atoms with Crippen LogP contribution in [0.3, 0.4) is 0 Å². The van der Waals surface area contributed by atoms with Gasteiger partial charge in [-0.05, 0) is 18.9 Å².